The maximum absolute atomic E-state index is 12.8. The van der Waals surface area contributed by atoms with Crippen LogP contribution in [0.3, 0.4) is 0 Å². The normalized spacial score (nSPS) is 18.2. The minimum atomic E-state index is -0.315. The Morgan fingerprint density at radius 2 is 1.90 bits per heavy atom. The number of carbonyl (C=O) groups is 2. The maximum atomic E-state index is 12.8. The highest BCUT2D eigenvalue weighted by Crippen LogP contribution is 2.30. The van der Waals surface area contributed by atoms with Crippen molar-refractivity contribution in [3.8, 4) is 0 Å². The van der Waals surface area contributed by atoms with E-state index in [0.29, 0.717) is 19.7 Å². The average Bonchev–Trinajstić information content (AvgIpc) is 3.36. The van der Waals surface area contributed by atoms with E-state index in [9.17, 15) is 9.59 Å². The maximum Gasteiger partial charge on any atom is 0.227 e. The van der Waals surface area contributed by atoms with E-state index in [1.807, 2.05) is 44.2 Å². The average molecular weight is 407 g/mol. The second-order valence-electron chi connectivity index (χ2n) is 8.56. The van der Waals surface area contributed by atoms with E-state index >= 15 is 0 Å². The second-order valence-corrected chi connectivity index (χ2v) is 8.56. The summed E-state index contributed by atoms with van der Waals surface area (Å²) in [7, 11) is 0. The molecule has 0 aromatic heterocycles. The Morgan fingerprint density at radius 1 is 1.13 bits per heavy atom. The number of aryl methyl sites for hydroxylation is 2. The monoisotopic (exact) mass is 406 g/mol. The predicted molar refractivity (Wildman–Crippen MR) is 117 cm³/mol. The van der Waals surface area contributed by atoms with Crippen molar-refractivity contribution in [2.75, 3.05) is 11.4 Å². The number of rotatable bonds is 7. The first-order valence-electron chi connectivity index (χ1n) is 10.9. The highest BCUT2D eigenvalue weighted by molar-refractivity contribution is 6.00. The Balaban J connectivity index is 1.37. The van der Waals surface area contributed by atoms with Crippen molar-refractivity contribution in [1.29, 1.82) is 0 Å². The van der Waals surface area contributed by atoms with Gasteiger partial charge in [-0.25, -0.2) is 0 Å². The van der Waals surface area contributed by atoms with Crippen LogP contribution in [-0.4, -0.2) is 24.5 Å². The van der Waals surface area contributed by atoms with E-state index in [-0.39, 0.29) is 30.3 Å². The van der Waals surface area contributed by atoms with Crippen LogP contribution in [0.5, 0.6) is 0 Å². The molecule has 1 N–H and O–H groups in total. The standard InChI is InChI=1S/C25H30N2O3/c1-17(2)30-16-21-7-4-3-6-20(21)14-26-25(29)22-13-24(28)27(15-22)23-11-10-18-8-5-9-19(18)12-23/h3-4,6-7,10-12,17,22H,5,8-9,13-16H2,1-2H3,(H,26,29). The van der Waals surface area contributed by atoms with Gasteiger partial charge < -0.3 is 15.0 Å². The fraction of sp³-hybridized carbons (Fsp3) is 0.440. The van der Waals surface area contributed by atoms with Crippen LogP contribution >= 0.6 is 0 Å². The molecular weight excluding hydrogens is 376 g/mol. The van der Waals surface area contributed by atoms with Gasteiger partial charge in [0.15, 0.2) is 0 Å². The Bertz CT molecular complexity index is 938. The number of nitrogens with one attached hydrogen (secondary N) is 1. The van der Waals surface area contributed by atoms with E-state index in [1.54, 1.807) is 4.90 Å². The summed E-state index contributed by atoms with van der Waals surface area (Å²) in [5.74, 6) is -0.352. The summed E-state index contributed by atoms with van der Waals surface area (Å²) >= 11 is 0. The molecular formula is C25H30N2O3. The third-order valence-corrected chi connectivity index (χ3v) is 6.03. The summed E-state index contributed by atoms with van der Waals surface area (Å²) in [5.41, 5.74) is 5.78. The van der Waals surface area contributed by atoms with Crippen molar-refractivity contribution in [1.82, 2.24) is 5.32 Å². The van der Waals surface area contributed by atoms with E-state index in [0.717, 1.165) is 29.7 Å². The van der Waals surface area contributed by atoms with Gasteiger partial charge in [0.2, 0.25) is 11.8 Å². The van der Waals surface area contributed by atoms with Crippen LogP contribution in [0.1, 0.15) is 48.9 Å². The molecule has 2 aromatic rings. The number of nitrogens with zero attached hydrogens (tertiary/aromatic N) is 1. The van der Waals surface area contributed by atoms with Crippen LogP contribution in [0.4, 0.5) is 5.69 Å². The zero-order chi connectivity index (χ0) is 21.1. The van der Waals surface area contributed by atoms with Gasteiger partial charge in [0.05, 0.1) is 18.6 Å². The summed E-state index contributed by atoms with van der Waals surface area (Å²) in [6.07, 6.45) is 3.80. The first kappa shape index (κ1) is 20.6. The zero-order valence-electron chi connectivity index (χ0n) is 17.8. The Morgan fingerprint density at radius 3 is 2.70 bits per heavy atom. The number of hydrogen-bond acceptors (Lipinski definition) is 3. The van der Waals surface area contributed by atoms with Crippen molar-refractivity contribution >= 4 is 17.5 Å². The van der Waals surface area contributed by atoms with Gasteiger partial charge in [0.1, 0.15) is 0 Å². The van der Waals surface area contributed by atoms with Gasteiger partial charge in [0, 0.05) is 25.2 Å². The molecule has 1 fully saturated rings. The summed E-state index contributed by atoms with van der Waals surface area (Å²) in [4.78, 5) is 27.2. The molecule has 30 heavy (non-hydrogen) atoms. The van der Waals surface area contributed by atoms with Crippen molar-refractivity contribution in [3.63, 3.8) is 0 Å². The molecule has 1 saturated heterocycles. The van der Waals surface area contributed by atoms with Gasteiger partial charge in [-0.2, -0.15) is 0 Å². The number of amides is 2. The van der Waals surface area contributed by atoms with Crippen LogP contribution in [0.15, 0.2) is 42.5 Å². The minimum Gasteiger partial charge on any atom is -0.374 e. The summed E-state index contributed by atoms with van der Waals surface area (Å²) < 4.78 is 5.72. The van der Waals surface area contributed by atoms with Crippen molar-refractivity contribution in [3.05, 3.63) is 64.7 Å². The molecule has 0 spiro atoms. The molecule has 1 aliphatic carbocycles. The molecule has 2 aromatic carbocycles. The van der Waals surface area contributed by atoms with Crippen molar-refractivity contribution < 1.29 is 14.3 Å². The number of fused-ring (bicyclic) bond motifs is 1. The molecule has 1 aliphatic heterocycles. The quantitative estimate of drug-likeness (QED) is 0.762. The van der Waals surface area contributed by atoms with Crippen LogP contribution in [0, 0.1) is 5.92 Å². The summed E-state index contributed by atoms with van der Waals surface area (Å²) in [5, 5.41) is 3.03. The van der Waals surface area contributed by atoms with E-state index in [4.69, 9.17) is 4.74 Å². The smallest absolute Gasteiger partial charge is 0.227 e. The summed E-state index contributed by atoms with van der Waals surface area (Å²) in [6, 6.07) is 14.3. The number of anilines is 1. The number of hydrogen-bond donors (Lipinski definition) is 1. The van der Waals surface area contributed by atoms with Crippen LogP contribution < -0.4 is 10.2 Å². The molecule has 1 heterocycles. The van der Waals surface area contributed by atoms with Crippen LogP contribution in [0.25, 0.3) is 0 Å². The van der Waals surface area contributed by atoms with Crippen LogP contribution in [-0.2, 0) is 40.3 Å². The van der Waals surface area contributed by atoms with Gasteiger partial charge in [-0.1, -0.05) is 30.3 Å². The molecule has 4 rings (SSSR count). The molecule has 5 heteroatoms. The lowest BCUT2D eigenvalue weighted by Gasteiger charge is -2.18. The first-order valence-corrected chi connectivity index (χ1v) is 10.9. The topological polar surface area (TPSA) is 58.6 Å². The third kappa shape index (κ3) is 4.57. The Labute approximate surface area is 178 Å². The SMILES string of the molecule is CC(C)OCc1ccccc1CNC(=O)C1CC(=O)N(c2ccc3c(c2)CCC3)C1. The van der Waals surface area contributed by atoms with Crippen molar-refractivity contribution in [2.24, 2.45) is 5.92 Å². The lowest BCUT2D eigenvalue weighted by Crippen LogP contribution is -2.32. The van der Waals surface area contributed by atoms with Gasteiger partial charge in [0.25, 0.3) is 0 Å². The Kier molecular flexibility index (Phi) is 6.18. The highest BCUT2D eigenvalue weighted by Gasteiger charge is 2.35. The molecule has 158 valence electrons. The molecule has 5 nitrogen and oxygen atoms in total. The lowest BCUT2D eigenvalue weighted by molar-refractivity contribution is -0.126. The van der Waals surface area contributed by atoms with Crippen molar-refractivity contribution in [2.45, 2.75) is 58.8 Å². The highest BCUT2D eigenvalue weighted by atomic mass is 16.5. The molecule has 0 saturated carbocycles. The Hall–Kier alpha value is -2.66. The largest absolute Gasteiger partial charge is 0.374 e. The number of ether oxygens (including phenoxy) is 1. The lowest BCUT2D eigenvalue weighted by atomic mass is 10.1. The second kappa shape index (κ2) is 9.00. The predicted octanol–water partition coefficient (Wildman–Crippen LogP) is 3.77. The van der Waals surface area contributed by atoms with Gasteiger partial charge in [-0.3, -0.25) is 9.59 Å². The van der Waals surface area contributed by atoms with E-state index < -0.39 is 0 Å². The summed E-state index contributed by atoms with van der Waals surface area (Å²) in [6.45, 7) is 5.43. The van der Waals surface area contributed by atoms with E-state index in [1.165, 1.54) is 17.5 Å². The molecule has 1 unspecified atom stereocenters. The molecule has 1 atom stereocenters. The third-order valence-electron chi connectivity index (χ3n) is 6.03. The number of benzene rings is 2. The first-order chi connectivity index (χ1) is 14.5. The minimum absolute atomic E-state index is 0.0267. The van der Waals surface area contributed by atoms with Crippen LogP contribution in [0.2, 0.25) is 0 Å². The van der Waals surface area contributed by atoms with Gasteiger partial charge >= 0.3 is 0 Å². The number of carbonyl (C=O) groups excluding carboxylic acids is 2. The fourth-order valence-corrected chi connectivity index (χ4v) is 4.31. The van der Waals surface area contributed by atoms with Gasteiger partial charge in [-0.05, 0) is 67.5 Å². The molecule has 0 bridgehead atoms. The molecule has 2 aliphatic rings. The zero-order valence-corrected chi connectivity index (χ0v) is 17.8. The molecule has 2 amide bonds. The fourth-order valence-electron chi connectivity index (χ4n) is 4.31. The van der Waals surface area contributed by atoms with E-state index in [2.05, 4.69) is 17.4 Å². The molecule has 0 radical (unpaired) electrons. The van der Waals surface area contributed by atoms with Gasteiger partial charge in [-0.15, -0.1) is 0 Å².